The van der Waals surface area contributed by atoms with Crippen molar-refractivity contribution in [2.75, 3.05) is 5.32 Å². The Balaban J connectivity index is 1.50. The minimum atomic E-state index is 0.460. The summed E-state index contributed by atoms with van der Waals surface area (Å²) in [7, 11) is 0. The maximum absolute atomic E-state index is 5.83. The number of benzene rings is 3. The largest absolute Gasteiger partial charge is 0.423 e. The molecule has 0 aliphatic rings. The third-order valence-corrected chi connectivity index (χ3v) is 5.27. The third-order valence-electron chi connectivity index (χ3n) is 4.33. The van der Waals surface area contributed by atoms with E-state index < -0.39 is 0 Å². The van der Waals surface area contributed by atoms with Gasteiger partial charge in [-0.25, -0.2) is 4.98 Å². The lowest BCUT2D eigenvalue weighted by molar-refractivity contribution is 0.623. The molecule has 0 bridgehead atoms. The molecule has 0 saturated carbocycles. The highest BCUT2D eigenvalue weighted by Crippen LogP contribution is 2.31. The summed E-state index contributed by atoms with van der Waals surface area (Å²) >= 11 is 1.59. The predicted octanol–water partition coefficient (Wildman–Crippen LogP) is 6.16. The molecule has 26 heavy (non-hydrogen) atoms. The monoisotopic (exact) mass is 357 g/mol. The van der Waals surface area contributed by atoms with Crippen molar-refractivity contribution in [2.45, 2.75) is 6.92 Å². The zero-order valence-corrected chi connectivity index (χ0v) is 14.9. The first-order valence-electron chi connectivity index (χ1n) is 8.35. The third kappa shape index (κ3) is 2.62. The summed E-state index contributed by atoms with van der Waals surface area (Å²) in [4.78, 5) is 9.23. The van der Waals surface area contributed by atoms with Crippen LogP contribution >= 0.6 is 11.3 Å². The van der Waals surface area contributed by atoms with Crippen molar-refractivity contribution in [1.82, 2.24) is 9.97 Å². The van der Waals surface area contributed by atoms with E-state index in [1.165, 1.54) is 0 Å². The van der Waals surface area contributed by atoms with Crippen LogP contribution in [0.5, 0.6) is 0 Å². The highest BCUT2D eigenvalue weighted by molar-refractivity contribution is 7.22. The number of para-hydroxylation sites is 1. The van der Waals surface area contributed by atoms with Gasteiger partial charge in [0.05, 0.1) is 10.2 Å². The Kier molecular flexibility index (Phi) is 3.47. The number of aromatic nitrogens is 2. The number of thiazole rings is 1. The van der Waals surface area contributed by atoms with Crippen LogP contribution in [0, 0.1) is 6.92 Å². The average molecular weight is 357 g/mol. The average Bonchev–Trinajstić information content (AvgIpc) is 3.26. The van der Waals surface area contributed by atoms with E-state index in [4.69, 9.17) is 4.42 Å². The van der Waals surface area contributed by atoms with E-state index in [1.807, 2.05) is 42.5 Å². The first-order valence-corrected chi connectivity index (χ1v) is 9.17. The molecular formula is C21H15N3OS. The van der Waals surface area contributed by atoms with Gasteiger partial charge in [0.2, 0.25) is 0 Å². The second-order valence-corrected chi connectivity index (χ2v) is 7.16. The molecule has 2 aromatic heterocycles. The standard InChI is InChI=1S/C21H15N3OS/c1-13-6-5-9-18-19(13)23-21(26-18)24-20-22-16-12-15(10-11-17(16)25-20)14-7-3-2-4-8-14/h2-12H,1H3,(H,22,23,24). The highest BCUT2D eigenvalue weighted by Gasteiger charge is 2.11. The van der Waals surface area contributed by atoms with Crippen molar-refractivity contribution in [3.63, 3.8) is 0 Å². The number of rotatable bonds is 3. The number of oxazole rings is 1. The lowest BCUT2D eigenvalue weighted by Crippen LogP contribution is -1.88. The zero-order chi connectivity index (χ0) is 17.5. The number of hydrogen-bond acceptors (Lipinski definition) is 5. The van der Waals surface area contributed by atoms with E-state index in [-0.39, 0.29) is 0 Å². The van der Waals surface area contributed by atoms with Crippen LogP contribution in [0.1, 0.15) is 5.56 Å². The molecule has 4 nitrogen and oxygen atoms in total. The number of fused-ring (bicyclic) bond motifs is 2. The van der Waals surface area contributed by atoms with Crippen LogP contribution in [0.15, 0.2) is 71.1 Å². The zero-order valence-electron chi connectivity index (χ0n) is 14.1. The molecule has 0 saturated heterocycles. The molecule has 5 heteroatoms. The Labute approximate surface area is 154 Å². The highest BCUT2D eigenvalue weighted by atomic mass is 32.1. The molecule has 0 spiro atoms. The van der Waals surface area contributed by atoms with Crippen LogP contribution in [0.3, 0.4) is 0 Å². The molecule has 0 radical (unpaired) electrons. The van der Waals surface area contributed by atoms with Gasteiger partial charge in [-0.15, -0.1) is 0 Å². The summed E-state index contributed by atoms with van der Waals surface area (Å²) in [6.45, 7) is 2.07. The molecule has 3 aromatic carbocycles. The topological polar surface area (TPSA) is 51.0 Å². The fourth-order valence-electron chi connectivity index (χ4n) is 3.02. The van der Waals surface area contributed by atoms with Gasteiger partial charge < -0.3 is 4.42 Å². The summed E-state index contributed by atoms with van der Waals surface area (Å²) in [5.74, 6) is 0. The second kappa shape index (κ2) is 5.97. The van der Waals surface area contributed by atoms with Crippen molar-refractivity contribution in [1.29, 1.82) is 0 Å². The van der Waals surface area contributed by atoms with Crippen LogP contribution in [-0.4, -0.2) is 9.97 Å². The number of anilines is 2. The molecule has 0 amide bonds. The molecular weight excluding hydrogens is 342 g/mol. The molecule has 2 heterocycles. The van der Waals surface area contributed by atoms with Crippen molar-refractivity contribution in [3.05, 3.63) is 72.3 Å². The van der Waals surface area contributed by atoms with Gasteiger partial charge in [-0.05, 0) is 41.8 Å². The summed E-state index contributed by atoms with van der Waals surface area (Å²) < 4.78 is 6.98. The Morgan fingerprint density at radius 2 is 1.77 bits per heavy atom. The normalized spacial score (nSPS) is 11.3. The van der Waals surface area contributed by atoms with E-state index in [0.29, 0.717) is 6.01 Å². The van der Waals surface area contributed by atoms with Gasteiger partial charge in [-0.3, -0.25) is 5.32 Å². The lowest BCUT2D eigenvalue weighted by Gasteiger charge is -1.99. The summed E-state index contributed by atoms with van der Waals surface area (Å²) in [6, 6.07) is 22.9. The van der Waals surface area contributed by atoms with Crippen molar-refractivity contribution >= 4 is 43.8 Å². The Morgan fingerprint density at radius 3 is 2.62 bits per heavy atom. The maximum Gasteiger partial charge on any atom is 0.302 e. The molecule has 5 aromatic rings. The minimum absolute atomic E-state index is 0.460. The van der Waals surface area contributed by atoms with Crippen molar-refractivity contribution in [3.8, 4) is 11.1 Å². The number of aryl methyl sites for hydroxylation is 1. The van der Waals surface area contributed by atoms with E-state index in [1.54, 1.807) is 11.3 Å². The quantitative estimate of drug-likeness (QED) is 0.420. The van der Waals surface area contributed by atoms with E-state index in [2.05, 4.69) is 46.5 Å². The van der Waals surface area contributed by atoms with Crippen molar-refractivity contribution < 1.29 is 4.42 Å². The van der Waals surface area contributed by atoms with Gasteiger partial charge in [-0.1, -0.05) is 59.9 Å². The molecule has 0 aliphatic heterocycles. The number of hydrogen-bond donors (Lipinski definition) is 1. The van der Waals surface area contributed by atoms with Crippen LogP contribution in [-0.2, 0) is 0 Å². The van der Waals surface area contributed by atoms with Crippen LogP contribution in [0.25, 0.3) is 32.4 Å². The van der Waals surface area contributed by atoms with Crippen molar-refractivity contribution in [2.24, 2.45) is 0 Å². The van der Waals surface area contributed by atoms with Gasteiger partial charge >= 0.3 is 6.01 Å². The van der Waals surface area contributed by atoms with Crippen LogP contribution in [0.4, 0.5) is 11.1 Å². The van der Waals surface area contributed by atoms with Gasteiger partial charge in [0.1, 0.15) is 5.52 Å². The molecule has 0 aliphatic carbocycles. The van der Waals surface area contributed by atoms with E-state index in [9.17, 15) is 0 Å². The molecule has 0 unspecified atom stereocenters. The molecule has 1 N–H and O–H groups in total. The Bertz CT molecular complexity index is 1220. The maximum atomic E-state index is 5.83. The van der Waals surface area contributed by atoms with Crippen LogP contribution in [0.2, 0.25) is 0 Å². The molecule has 5 rings (SSSR count). The predicted molar refractivity (Wildman–Crippen MR) is 107 cm³/mol. The van der Waals surface area contributed by atoms with Crippen LogP contribution < -0.4 is 5.32 Å². The fourth-order valence-corrected chi connectivity index (χ4v) is 3.96. The SMILES string of the molecule is Cc1cccc2sc(Nc3nc4cc(-c5ccccc5)ccc4o3)nc12. The van der Waals surface area contributed by atoms with E-state index in [0.717, 1.165) is 43.1 Å². The Hall–Kier alpha value is -3.18. The molecule has 0 fully saturated rings. The minimum Gasteiger partial charge on any atom is -0.423 e. The fraction of sp³-hybridized carbons (Fsp3) is 0.0476. The summed E-state index contributed by atoms with van der Waals surface area (Å²) in [5.41, 5.74) is 6.04. The summed E-state index contributed by atoms with van der Waals surface area (Å²) in [6.07, 6.45) is 0. The second-order valence-electron chi connectivity index (χ2n) is 6.13. The molecule has 0 atom stereocenters. The van der Waals surface area contributed by atoms with Gasteiger partial charge in [0.15, 0.2) is 10.7 Å². The first kappa shape index (κ1) is 15.1. The molecule has 126 valence electrons. The van der Waals surface area contributed by atoms with Gasteiger partial charge in [-0.2, -0.15) is 4.98 Å². The van der Waals surface area contributed by atoms with Gasteiger partial charge in [0.25, 0.3) is 0 Å². The van der Waals surface area contributed by atoms with E-state index >= 15 is 0 Å². The summed E-state index contributed by atoms with van der Waals surface area (Å²) in [5, 5.41) is 3.98. The smallest absolute Gasteiger partial charge is 0.302 e. The number of nitrogens with one attached hydrogen (secondary N) is 1. The lowest BCUT2D eigenvalue weighted by atomic mass is 10.1. The number of nitrogens with zero attached hydrogens (tertiary/aromatic N) is 2. The Morgan fingerprint density at radius 1 is 0.885 bits per heavy atom. The van der Waals surface area contributed by atoms with Gasteiger partial charge in [0, 0.05) is 0 Å². The first-order chi connectivity index (χ1) is 12.8.